The van der Waals surface area contributed by atoms with Gasteiger partial charge in [0.1, 0.15) is 18.7 Å². The molecule has 106 valence electrons. The Labute approximate surface area is 123 Å². The third-order valence-electron chi connectivity index (χ3n) is 3.12. The number of benzene rings is 2. The first-order valence-corrected chi connectivity index (χ1v) is 6.74. The summed E-state index contributed by atoms with van der Waals surface area (Å²) in [6.45, 7) is 4.73. The molecule has 1 heterocycles. The van der Waals surface area contributed by atoms with Crippen LogP contribution in [-0.4, -0.2) is 20.2 Å². The van der Waals surface area contributed by atoms with E-state index in [9.17, 15) is 0 Å². The quantitative estimate of drug-likeness (QED) is 0.737. The van der Waals surface area contributed by atoms with Crippen molar-refractivity contribution < 1.29 is 4.74 Å². The molecule has 5 nitrogen and oxygen atoms in total. The van der Waals surface area contributed by atoms with Gasteiger partial charge in [0.25, 0.3) is 0 Å². The van der Waals surface area contributed by atoms with Crippen LogP contribution in [0.4, 0.5) is 0 Å². The van der Waals surface area contributed by atoms with Crippen LogP contribution >= 0.6 is 0 Å². The Kier molecular flexibility index (Phi) is 3.64. The molecule has 0 radical (unpaired) electrons. The molecule has 0 bridgehead atoms. The van der Waals surface area contributed by atoms with Crippen LogP contribution in [0.25, 0.3) is 5.69 Å². The molecule has 0 aliphatic rings. The third-order valence-corrected chi connectivity index (χ3v) is 3.12. The standard InChI is InChI=1S/C16H16N4O/c1-12-6-13(2)8-14(7-12)10-21-16-5-3-4-15(9-16)20-11-17-18-19-20/h3-9,11H,10H2,1-2H3. The van der Waals surface area contributed by atoms with Crippen LogP contribution in [0.3, 0.4) is 0 Å². The van der Waals surface area contributed by atoms with Crippen molar-refractivity contribution in [1.82, 2.24) is 20.2 Å². The van der Waals surface area contributed by atoms with E-state index in [0.29, 0.717) is 6.61 Å². The summed E-state index contributed by atoms with van der Waals surface area (Å²) in [7, 11) is 0. The van der Waals surface area contributed by atoms with Crippen LogP contribution < -0.4 is 4.74 Å². The summed E-state index contributed by atoms with van der Waals surface area (Å²) in [6, 6.07) is 14.1. The van der Waals surface area contributed by atoms with Crippen molar-refractivity contribution in [1.29, 1.82) is 0 Å². The van der Waals surface area contributed by atoms with Gasteiger partial charge in [-0.3, -0.25) is 0 Å². The number of nitrogens with zero attached hydrogens (tertiary/aromatic N) is 4. The number of ether oxygens (including phenoxy) is 1. The largest absolute Gasteiger partial charge is 0.489 e. The molecule has 3 aromatic rings. The topological polar surface area (TPSA) is 52.8 Å². The fourth-order valence-corrected chi connectivity index (χ4v) is 2.31. The molecule has 0 unspecified atom stereocenters. The van der Waals surface area contributed by atoms with Gasteiger partial charge in [-0.25, -0.2) is 4.68 Å². The molecule has 0 aliphatic carbocycles. The predicted molar refractivity (Wildman–Crippen MR) is 79.4 cm³/mol. The lowest BCUT2D eigenvalue weighted by atomic mass is 10.1. The summed E-state index contributed by atoms with van der Waals surface area (Å²) in [4.78, 5) is 0. The number of aromatic nitrogens is 4. The Bertz CT molecular complexity index is 718. The summed E-state index contributed by atoms with van der Waals surface area (Å²) in [6.07, 6.45) is 1.56. The summed E-state index contributed by atoms with van der Waals surface area (Å²) >= 11 is 0. The van der Waals surface area contributed by atoms with Crippen molar-refractivity contribution in [2.45, 2.75) is 20.5 Å². The van der Waals surface area contributed by atoms with Crippen molar-refractivity contribution in [2.75, 3.05) is 0 Å². The van der Waals surface area contributed by atoms with Gasteiger partial charge in [-0.1, -0.05) is 35.4 Å². The van der Waals surface area contributed by atoms with Crippen LogP contribution in [0.5, 0.6) is 5.75 Å². The molecule has 5 heteroatoms. The van der Waals surface area contributed by atoms with E-state index < -0.39 is 0 Å². The fraction of sp³-hybridized carbons (Fsp3) is 0.188. The lowest BCUT2D eigenvalue weighted by Crippen LogP contribution is -1.99. The van der Waals surface area contributed by atoms with Crippen molar-refractivity contribution in [3.8, 4) is 11.4 Å². The first-order valence-electron chi connectivity index (χ1n) is 6.74. The van der Waals surface area contributed by atoms with Crippen LogP contribution in [0.15, 0.2) is 48.8 Å². The summed E-state index contributed by atoms with van der Waals surface area (Å²) in [5, 5.41) is 11.1. The Morgan fingerprint density at radius 3 is 2.57 bits per heavy atom. The Hall–Kier alpha value is -2.69. The van der Waals surface area contributed by atoms with Gasteiger partial charge in [0.15, 0.2) is 0 Å². The molecular weight excluding hydrogens is 264 g/mol. The monoisotopic (exact) mass is 280 g/mol. The van der Waals surface area contributed by atoms with Crippen molar-refractivity contribution in [3.05, 3.63) is 65.5 Å². The number of rotatable bonds is 4. The van der Waals surface area contributed by atoms with Crippen LogP contribution in [0.1, 0.15) is 16.7 Å². The summed E-state index contributed by atoms with van der Waals surface area (Å²) < 4.78 is 7.46. The molecule has 3 rings (SSSR count). The maximum Gasteiger partial charge on any atom is 0.143 e. The summed E-state index contributed by atoms with van der Waals surface area (Å²) in [5.74, 6) is 0.794. The van der Waals surface area contributed by atoms with Gasteiger partial charge in [0.05, 0.1) is 5.69 Å². The highest BCUT2D eigenvalue weighted by Crippen LogP contribution is 2.18. The molecule has 0 aliphatic heterocycles. The molecule has 1 aromatic heterocycles. The minimum absolute atomic E-state index is 0.543. The zero-order chi connectivity index (χ0) is 14.7. The number of aryl methyl sites for hydroxylation is 2. The number of hydrogen-bond donors (Lipinski definition) is 0. The smallest absolute Gasteiger partial charge is 0.143 e. The lowest BCUT2D eigenvalue weighted by molar-refractivity contribution is 0.306. The molecule has 0 amide bonds. The van der Waals surface area contributed by atoms with E-state index in [-0.39, 0.29) is 0 Å². The zero-order valence-corrected chi connectivity index (χ0v) is 12.0. The molecular formula is C16H16N4O. The highest BCUT2D eigenvalue weighted by atomic mass is 16.5. The molecule has 0 spiro atoms. The molecule has 0 fully saturated rings. The van der Waals surface area contributed by atoms with E-state index in [0.717, 1.165) is 11.4 Å². The molecule has 0 saturated carbocycles. The predicted octanol–water partition coefficient (Wildman–Crippen LogP) is 2.86. The minimum Gasteiger partial charge on any atom is -0.489 e. The second-order valence-electron chi connectivity index (χ2n) is 5.04. The number of tetrazole rings is 1. The molecule has 0 saturated heterocycles. The average Bonchev–Trinajstić information content (AvgIpc) is 2.99. The Morgan fingerprint density at radius 2 is 1.86 bits per heavy atom. The van der Waals surface area contributed by atoms with Gasteiger partial charge < -0.3 is 4.74 Å². The van der Waals surface area contributed by atoms with Gasteiger partial charge in [-0.2, -0.15) is 0 Å². The first-order chi connectivity index (χ1) is 10.2. The third kappa shape index (κ3) is 3.25. The van der Waals surface area contributed by atoms with Gasteiger partial charge in [-0.15, -0.1) is 5.10 Å². The zero-order valence-electron chi connectivity index (χ0n) is 12.0. The fourth-order valence-electron chi connectivity index (χ4n) is 2.31. The minimum atomic E-state index is 0.543. The van der Waals surface area contributed by atoms with Crippen molar-refractivity contribution in [3.63, 3.8) is 0 Å². The Balaban J connectivity index is 1.75. The van der Waals surface area contributed by atoms with E-state index >= 15 is 0 Å². The van der Waals surface area contributed by atoms with Gasteiger partial charge in [0.2, 0.25) is 0 Å². The second-order valence-corrected chi connectivity index (χ2v) is 5.04. The van der Waals surface area contributed by atoms with E-state index in [1.54, 1.807) is 11.0 Å². The normalized spacial score (nSPS) is 10.6. The highest BCUT2D eigenvalue weighted by molar-refractivity contribution is 5.38. The first kappa shape index (κ1) is 13.3. The summed E-state index contributed by atoms with van der Waals surface area (Å²) in [5.41, 5.74) is 4.53. The van der Waals surface area contributed by atoms with Crippen LogP contribution in [-0.2, 0) is 6.61 Å². The van der Waals surface area contributed by atoms with E-state index in [4.69, 9.17) is 4.74 Å². The highest BCUT2D eigenvalue weighted by Gasteiger charge is 2.02. The van der Waals surface area contributed by atoms with Gasteiger partial charge >= 0.3 is 0 Å². The second kappa shape index (κ2) is 5.75. The molecule has 0 N–H and O–H groups in total. The SMILES string of the molecule is Cc1cc(C)cc(COc2cccc(-n3cnnn3)c2)c1. The molecule has 21 heavy (non-hydrogen) atoms. The maximum absolute atomic E-state index is 5.86. The van der Waals surface area contributed by atoms with E-state index in [2.05, 4.69) is 47.6 Å². The molecule has 0 atom stereocenters. The Morgan fingerprint density at radius 1 is 1.05 bits per heavy atom. The maximum atomic E-state index is 5.86. The van der Waals surface area contributed by atoms with E-state index in [1.165, 1.54) is 16.7 Å². The lowest BCUT2D eigenvalue weighted by Gasteiger charge is -2.09. The molecule has 2 aromatic carbocycles. The van der Waals surface area contributed by atoms with Gasteiger partial charge in [-0.05, 0) is 42.0 Å². The van der Waals surface area contributed by atoms with Crippen molar-refractivity contribution >= 4 is 0 Å². The van der Waals surface area contributed by atoms with Crippen LogP contribution in [0, 0.1) is 13.8 Å². The van der Waals surface area contributed by atoms with Crippen molar-refractivity contribution in [2.24, 2.45) is 0 Å². The number of hydrogen-bond acceptors (Lipinski definition) is 4. The van der Waals surface area contributed by atoms with E-state index in [1.807, 2.05) is 24.3 Å². The van der Waals surface area contributed by atoms with Crippen LogP contribution in [0.2, 0.25) is 0 Å². The average molecular weight is 280 g/mol. The van der Waals surface area contributed by atoms with Gasteiger partial charge in [0, 0.05) is 6.07 Å².